The maximum absolute atomic E-state index is 5.66. The van der Waals surface area contributed by atoms with E-state index >= 15 is 0 Å². The summed E-state index contributed by atoms with van der Waals surface area (Å²) < 4.78 is 1.18. The lowest BCUT2D eigenvalue weighted by atomic mass is 10.1. The van der Waals surface area contributed by atoms with E-state index in [0.717, 1.165) is 26.1 Å². The highest BCUT2D eigenvalue weighted by Crippen LogP contribution is 2.27. The maximum atomic E-state index is 5.66. The molecule has 0 saturated carbocycles. The number of halogens is 1. The van der Waals surface area contributed by atoms with E-state index in [9.17, 15) is 0 Å². The van der Waals surface area contributed by atoms with E-state index in [-0.39, 0.29) is 0 Å². The Bertz CT molecular complexity index is 309. The Kier molecular flexibility index (Phi) is 6.03. The fourth-order valence-corrected chi connectivity index (χ4v) is 2.58. The van der Waals surface area contributed by atoms with Gasteiger partial charge in [-0.15, -0.1) is 0 Å². The van der Waals surface area contributed by atoms with Crippen LogP contribution in [0, 0.1) is 0 Å². The van der Waals surface area contributed by atoms with Gasteiger partial charge in [-0.25, -0.2) is 0 Å². The number of hydrogen-bond acceptors (Lipinski definition) is 2. The van der Waals surface area contributed by atoms with Crippen LogP contribution >= 0.6 is 15.9 Å². The fraction of sp³-hybridized carbons (Fsp3) is 0.538. The molecule has 0 heterocycles. The van der Waals surface area contributed by atoms with Crippen molar-refractivity contribution in [2.24, 2.45) is 5.73 Å². The Morgan fingerprint density at radius 3 is 2.56 bits per heavy atom. The third-order valence-corrected chi connectivity index (χ3v) is 3.55. The zero-order valence-corrected chi connectivity index (χ0v) is 11.7. The molecule has 1 unspecified atom stereocenters. The van der Waals surface area contributed by atoms with Crippen LogP contribution in [0.5, 0.6) is 0 Å². The van der Waals surface area contributed by atoms with Gasteiger partial charge < -0.3 is 5.73 Å². The Hall–Kier alpha value is -0.380. The quantitative estimate of drug-likeness (QED) is 0.869. The topological polar surface area (TPSA) is 29.3 Å². The molecule has 0 fully saturated rings. The van der Waals surface area contributed by atoms with E-state index in [1.807, 2.05) is 6.07 Å². The van der Waals surface area contributed by atoms with E-state index in [0.29, 0.717) is 6.04 Å². The van der Waals surface area contributed by atoms with Crippen molar-refractivity contribution < 1.29 is 0 Å². The maximum Gasteiger partial charge on any atom is 0.0331 e. The molecule has 0 aliphatic heterocycles. The van der Waals surface area contributed by atoms with E-state index in [4.69, 9.17) is 5.73 Å². The van der Waals surface area contributed by atoms with Crippen molar-refractivity contribution in [1.82, 2.24) is 4.90 Å². The largest absolute Gasteiger partial charge is 0.329 e. The van der Waals surface area contributed by atoms with Crippen LogP contribution < -0.4 is 5.73 Å². The molecule has 16 heavy (non-hydrogen) atoms. The second-order valence-electron chi connectivity index (χ2n) is 4.02. The molecule has 90 valence electrons. The normalized spacial score (nSPS) is 13.1. The second kappa shape index (κ2) is 7.05. The summed E-state index contributed by atoms with van der Waals surface area (Å²) >= 11 is 3.61. The molecule has 1 aromatic carbocycles. The van der Waals surface area contributed by atoms with Crippen molar-refractivity contribution in [1.29, 1.82) is 0 Å². The minimum absolute atomic E-state index is 0.416. The van der Waals surface area contributed by atoms with Gasteiger partial charge in [0.2, 0.25) is 0 Å². The molecule has 0 saturated heterocycles. The van der Waals surface area contributed by atoms with E-state index < -0.39 is 0 Å². The SMILES string of the molecule is CCCN(CCN)C(C)c1ccccc1Br. The Morgan fingerprint density at radius 1 is 1.31 bits per heavy atom. The van der Waals surface area contributed by atoms with Gasteiger partial charge in [0, 0.05) is 23.6 Å². The number of nitrogens with zero attached hydrogens (tertiary/aromatic N) is 1. The van der Waals surface area contributed by atoms with Crippen LogP contribution in [0.2, 0.25) is 0 Å². The molecule has 0 amide bonds. The first-order valence-corrected chi connectivity index (χ1v) is 6.68. The minimum Gasteiger partial charge on any atom is -0.329 e. The first-order chi connectivity index (χ1) is 7.70. The first kappa shape index (κ1) is 13.7. The van der Waals surface area contributed by atoms with Crippen LogP contribution in [0.3, 0.4) is 0 Å². The average molecular weight is 285 g/mol. The molecular formula is C13H21BrN2. The highest BCUT2D eigenvalue weighted by atomic mass is 79.9. The van der Waals surface area contributed by atoms with Gasteiger partial charge in [0.05, 0.1) is 0 Å². The molecule has 0 aromatic heterocycles. The molecule has 0 aliphatic carbocycles. The molecule has 1 atom stereocenters. The average Bonchev–Trinajstić information content (AvgIpc) is 2.28. The van der Waals surface area contributed by atoms with Gasteiger partial charge in [0.1, 0.15) is 0 Å². The summed E-state index contributed by atoms with van der Waals surface area (Å²) in [5.41, 5.74) is 7.00. The first-order valence-electron chi connectivity index (χ1n) is 5.89. The third-order valence-electron chi connectivity index (χ3n) is 2.83. The van der Waals surface area contributed by atoms with Crippen LogP contribution in [0.25, 0.3) is 0 Å². The van der Waals surface area contributed by atoms with Gasteiger partial charge in [-0.1, -0.05) is 41.1 Å². The molecule has 0 spiro atoms. The minimum atomic E-state index is 0.416. The summed E-state index contributed by atoms with van der Waals surface area (Å²) in [5, 5.41) is 0. The van der Waals surface area contributed by atoms with E-state index in [1.54, 1.807) is 0 Å². The van der Waals surface area contributed by atoms with Gasteiger partial charge in [-0.2, -0.15) is 0 Å². The van der Waals surface area contributed by atoms with Crippen molar-refractivity contribution in [3.8, 4) is 0 Å². The van der Waals surface area contributed by atoms with Gasteiger partial charge in [0.25, 0.3) is 0 Å². The summed E-state index contributed by atoms with van der Waals surface area (Å²) in [6.07, 6.45) is 1.16. The fourth-order valence-electron chi connectivity index (χ4n) is 1.96. The lowest BCUT2D eigenvalue weighted by molar-refractivity contribution is 0.216. The van der Waals surface area contributed by atoms with Crippen LogP contribution in [0.1, 0.15) is 31.9 Å². The van der Waals surface area contributed by atoms with Crippen LogP contribution in [-0.4, -0.2) is 24.5 Å². The van der Waals surface area contributed by atoms with Crippen molar-refractivity contribution in [2.75, 3.05) is 19.6 Å². The summed E-state index contributed by atoms with van der Waals surface area (Å²) in [5.74, 6) is 0. The van der Waals surface area contributed by atoms with Crippen molar-refractivity contribution in [2.45, 2.75) is 26.3 Å². The van der Waals surface area contributed by atoms with Crippen molar-refractivity contribution in [3.63, 3.8) is 0 Å². The van der Waals surface area contributed by atoms with Gasteiger partial charge in [-0.3, -0.25) is 4.90 Å². The van der Waals surface area contributed by atoms with E-state index in [2.05, 4.69) is 52.9 Å². The smallest absolute Gasteiger partial charge is 0.0331 e. The molecule has 0 bridgehead atoms. The molecule has 1 rings (SSSR count). The summed E-state index contributed by atoms with van der Waals surface area (Å²) in [6, 6.07) is 8.82. The van der Waals surface area contributed by atoms with Crippen LogP contribution in [-0.2, 0) is 0 Å². The molecule has 2 N–H and O–H groups in total. The molecule has 1 aromatic rings. The van der Waals surface area contributed by atoms with Gasteiger partial charge >= 0.3 is 0 Å². The molecule has 0 radical (unpaired) electrons. The zero-order valence-electron chi connectivity index (χ0n) is 10.1. The standard InChI is InChI=1S/C13H21BrN2/c1-3-9-16(10-8-15)11(2)12-6-4-5-7-13(12)14/h4-7,11H,3,8-10,15H2,1-2H3. The Morgan fingerprint density at radius 2 is 2.00 bits per heavy atom. The molecule has 0 aliphatic rings. The highest BCUT2D eigenvalue weighted by molar-refractivity contribution is 9.10. The number of hydrogen-bond donors (Lipinski definition) is 1. The lowest BCUT2D eigenvalue weighted by Crippen LogP contribution is -2.32. The van der Waals surface area contributed by atoms with Gasteiger partial charge in [-0.05, 0) is 31.5 Å². The molecular weight excluding hydrogens is 264 g/mol. The summed E-state index contributed by atoms with van der Waals surface area (Å²) in [7, 11) is 0. The van der Waals surface area contributed by atoms with Crippen molar-refractivity contribution in [3.05, 3.63) is 34.3 Å². The molecule has 2 nitrogen and oxygen atoms in total. The Balaban J connectivity index is 2.81. The van der Waals surface area contributed by atoms with Crippen molar-refractivity contribution >= 4 is 15.9 Å². The third kappa shape index (κ3) is 3.58. The summed E-state index contributed by atoms with van der Waals surface area (Å²) in [6.45, 7) is 7.21. The van der Waals surface area contributed by atoms with Crippen LogP contribution in [0.4, 0.5) is 0 Å². The predicted octanol–water partition coefficient (Wildman–Crippen LogP) is 3.18. The zero-order chi connectivity index (χ0) is 12.0. The van der Waals surface area contributed by atoms with Gasteiger partial charge in [0.15, 0.2) is 0 Å². The molecule has 3 heteroatoms. The predicted molar refractivity (Wildman–Crippen MR) is 73.5 cm³/mol. The van der Waals surface area contributed by atoms with Crippen LogP contribution in [0.15, 0.2) is 28.7 Å². The number of benzene rings is 1. The second-order valence-corrected chi connectivity index (χ2v) is 4.88. The number of nitrogens with two attached hydrogens (primary N) is 1. The number of rotatable bonds is 6. The summed E-state index contributed by atoms with van der Waals surface area (Å²) in [4.78, 5) is 2.43. The van der Waals surface area contributed by atoms with E-state index in [1.165, 1.54) is 10.0 Å². The Labute approximate surface area is 107 Å². The monoisotopic (exact) mass is 284 g/mol. The lowest BCUT2D eigenvalue weighted by Gasteiger charge is -2.29. The highest BCUT2D eigenvalue weighted by Gasteiger charge is 2.15.